The molecular formula is C87H149N13O24. The Morgan fingerprint density at radius 1 is 0.363 bits per heavy atom. The van der Waals surface area contributed by atoms with E-state index in [0.717, 1.165) is 6.42 Å². The number of aliphatic hydroxyl groups excluding tert-OH is 3. The lowest BCUT2D eigenvalue weighted by Crippen LogP contribution is -2.60. The molecule has 37 nitrogen and oxygen atoms in total. The molecule has 124 heavy (non-hydrogen) atoms. The van der Waals surface area contributed by atoms with Gasteiger partial charge >= 0.3 is 0 Å². The van der Waals surface area contributed by atoms with E-state index in [-0.39, 0.29) is 211 Å². The summed E-state index contributed by atoms with van der Waals surface area (Å²) in [7, 11) is 0. The SMILES string of the molecule is CCC1OC(OCCCCC(=O)N[C@@H](CCCCNC(=O)CCCCOC2OC(CC)C(O)C(C)C2NC(C)=O)C(=O)NCCNC(=O)c2cc(OCCN)cc(C(=O)NCCNC(=O)C(CCCCNC(=O)CCCCOC3OC(CC)C(O)C(C)C3NC(C)=O)NC(=O)CCCCOC3OC(CC)C(O)C(C)C3NC(C)=O)c2)C(NC(C)=O)C(C)C1C. The third kappa shape index (κ3) is 37.2. The number of nitrogens with two attached hydrogens (primary N) is 1. The van der Waals surface area contributed by atoms with E-state index in [0.29, 0.717) is 103 Å². The van der Waals surface area contributed by atoms with Crippen LogP contribution >= 0.6 is 0 Å². The third-order valence-corrected chi connectivity index (χ3v) is 23.3. The van der Waals surface area contributed by atoms with Gasteiger partial charge in [-0.05, 0) is 146 Å². The lowest BCUT2D eigenvalue weighted by molar-refractivity contribution is -0.251. The van der Waals surface area contributed by atoms with Gasteiger partial charge in [0.05, 0.1) is 66.9 Å². The molecule has 0 bridgehead atoms. The Kier molecular flexibility index (Phi) is 49.7. The van der Waals surface area contributed by atoms with Crippen LogP contribution in [0.15, 0.2) is 18.2 Å². The molecule has 37 heteroatoms. The molecule has 0 aromatic heterocycles. The number of amides is 12. The number of ether oxygens (including phenoxy) is 9. The van der Waals surface area contributed by atoms with Crippen molar-refractivity contribution in [3.63, 3.8) is 0 Å². The van der Waals surface area contributed by atoms with Crippen LogP contribution in [0.3, 0.4) is 0 Å². The summed E-state index contributed by atoms with van der Waals surface area (Å²) in [5, 5.41) is 66.4. The summed E-state index contributed by atoms with van der Waals surface area (Å²) in [5.41, 5.74) is 5.82. The molecule has 706 valence electrons. The molecule has 12 amide bonds. The lowest BCUT2D eigenvalue weighted by Gasteiger charge is -2.44. The summed E-state index contributed by atoms with van der Waals surface area (Å²) < 4.78 is 54.4. The maximum absolute atomic E-state index is 14.0. The summed E-state index contributed by atoms with van der Waals surface area (Å²) in [6, 6.07) is 0.129. The van der Waals surface area contributed by atoms with Gasteiger partial charge in [0.2, 0.25) is 59.1 Å². The van der Waals surface area contributed by atoms with E-state index in [4.69, 9.17) is 48.4 Å². The quantitative estimate of drug-likeness (QED) is 0.0417. The van der Waals surface area contributed by atoms with Crippen molar-refractivity contribution in [2.75, 3.05) is 78.8 Å². The Labute approximate surface area is 731 Å². The van der Waals surface area contributed by atoms with Gasteiger partial charge < -0.3 is 127 Å². The number of aliphatic hydroxyl groups is 3. The number of hydrogen-bond acceptors (Lipinski definition) is 25. The van der Waals surface area contributed by atoms with Gasteiger partial charge in [0.25, 0.3) is 11.8 Å². The minimum Gasteiger partial charge on any atom is -0.492 e. The van der Waals surface area contributed by atoms with Crippen molar-refractivity contribution in [2.24, 2.45) is 35.3 Å². The van der Waals surface area contributed by atoms with Crippen LogP contribution in [0.2, 0.25) is 0 Å². The van der Waals surface area contributed by atoms with Crippen molar-refractivity contribution in [1.82, 2.24) is 63.8 Å². The van der Waals surface area contributed by atoms with Gasteiger partial charge in [0.1, 0.15) is 24.4 Å². The van der Waals surface area contributed by atoms with Gasteiger partial charge in [-0.25, -0.2) is 0 Å². The molecule has 1 aromatic carbocycles. The van der Waals surface area contributed by atoms with E-state index >= 15 is 0 Å². The minimum atomic E-state index is -1.01. The molecule has 4 fully saturated rings. The second-order valence-corrected chi connectivity index (χ2v) is 33.2. The smallest absolute Gasteiger partial charge is 0.251 e. The van der Waals surface area contributed by atoms with Gasteiger partial charge in [-0.1, -0.05) is 62.3 Å². The zero-order chi connectivity index (χ0) is 91.4. The normalized spacial score (nSPS) is 26.6. The molecule has 0 spiro atoms. The number of carbonyl (C=O) groups is 12. The summed E-state index contributed by atoms with van der Waals surface area (Å²) in [6.07, 6.45) is 1.97. The Hall–Kier alpha value is -7.82. The first-order valence-corrected chi connectivity index (χ1v) is 45.2. The number of carbonyl (C=O) groups excluding carboxylic acids is 12. The molecule has 5 rings (SSSR count). The van der Waals surface area contributed by atoms with Gasteiger partial charge in [0.15, 0.2) is 25.2 Å². The number of unbranched alkanes of at least 4 members (excludes halogenated alkanes) is 6. The van der Waals surface area contributed by atoms with Gasteiger partial charge in [-0.2, -0.15) is 0 Å². The van der Waals surface area contributed by atoms with E-state index in [1.54, 1.807) is 0 Å². The summed E-state index contributed by atoms with van der Waals surface area (Å²) in [5.74, 6) is -5.08. The molecule has 0 saturated carbocycles. The Morgan fingerprint density at radius 2 is 0.669 bits per heavy atom. The molecule has 17 N–H and O–H groups in total. The van der Waals surface area contributed by atoms with E-state index in [1.165, 1.54) is 45.9 Å². The molecular weight excluding hydrogens is 1610 g/mol. The standard InChI is InChI=1S/C87H149N13O24/c1-14-65-51(5)52(6)73(95-56(10)101)84(121-65)117-45-28-22-34-71(107)99-63(30-18-24-37-89-69(105)32-20-26-43-118-85-74(96-57(11)102)53(7)77(109)66(15-2)122-85)82(114)93-41-39-91-80(112)60-48-61(50-62(49-60)116-47-36-88)81(113)92-40-42-94-83(115)64(100-72(108)35-23-29-46-120-87-76(98-59(13)104)55(9)79(111)68(17-4)124-87)31-19-25-38-90-70(106)33-21-27-44-119-86-75(97-58(12)103)54(8)78(110)67(16-3)123-86/h48-55,63-68,73-79,84-87,109-111H,14-47,88H2,1-13H3,(H,89,105)(H,90,106)(H,91,112)(H,92,113)(H,93,114)(H,94,115)(H,95,101)(H,96,102)(H,97,103)(H,98,104)(H,99,107)(H,100,108)/t51?,52?,53?,54?,55?,63-,64?,65?,66?,67?,68?,73?,74?,75?,76?,77?,78?,79?,84?,85?,86?,87?/m0/s1. The van der Waals surface area contributed by atoms with Crippen molar-refractivity contribution in [1.29, 1.82) is 0 Å². The Morgan fingerprint density at radius 3 is 0.984 bits per heavy atom. The van der Waals surface area contributed by atoms with Crippen molar-refractivity contribution < 1.29 is 115 Å². The van der Waals surface area contributed by atoms with Crippen molar-refractivity contribution >= 4 is 70.9 Å². The highest BCUT2D eigenvalue weighted by molar-refractivity contribution is 6.00. The van der Waals surface area contributed by atoms with Crippen LogP contribution in [-0.2, 0) is 85.8 Å². The highest BCUT2D eigenvalue weighted by Gasteiger charge is 2.47. The number of rotatable bonds is 57. The summed E-state index contributed by atoms with van der Waals surface area (Å²) in [6.45, 7) is 24.3. The fourth-order valence-corrected chi connectivity index (χ4v) is 15.8. The third-order valence-electron chi connectivity index (χ3n) is 23.3. The summed E-state index contributed by atoms with van der Waals surface area (Å²) >= 11 is 0. The van der Waals surface area contributed by atoms with Gasteiger partial charge in [-0.3, -0.25) is 57.5 Å². The monoisotopic (exact) mass is 1760 g/mol. The van der Waals surface area contributed by atoms with Crippen LogP contribution in [0.4, 0.5) is 0 Å². The van der Waals surface area contributed by atoms with Crippen LogP contribution in [0.1, 0.15) is 252 Å². The molecule has 4 aliphatic rings. The zero-order valence-electron chi connectivity index (χ0n) is 75.5. The molecule has 1 aromatic rings. The second kappa shape index (κ2) is 57.8. The van der Waals surface area contributed by atoms with Crippen molar-refractivity contribution in [3.05, 3.63) is 29.3 Å². The lowest BCUT2D eigenvalue weighted by atomic mass is 9.81. The van der Waals surface area contributed by atoms with Crippen LogP contribution in [0.5, 0.6) is 5.75 Å². The predicted molar refractivity (Wildman–Crippen MR) is 459 cm³/mol. The van der Waals surface area contributed by atoms with Crippen LogP contribution in [-0.4, -0.2) is 269 Å². The first-order valence-electron chi connectivity index (χ1n) is 45.2. The molecule has 21 unspecified atom stereocenters. The summed E-state index contributed by atoms with van der Waals surface area (Å²) in [4.78, 5) is 157. The van der Waals surface area contributed by atoms with Gasteiger partial charge in [0, 0.05) is 154 Å². The van der Waals surface area contributed by atoms with Crippen molar-refractivity contribution in [2.45, 2.75) is 335 Å². The molecule has 0 radical (unpaired) electrons. The number of hydrogen-bond donors (Lipinski definition) is 16. The minimum absolute atomic E-state index is 0.0286. The number of nitrogens with one attached hydrogen (secondary N) is 12. The van der Waals surface area contributed by atoms with Crippen LogP contribution in [0.25, 0.3) is 0 Å². The fourth-order valence-electron chi connectivity index (χ4n) is 15.8. The van der Waals surface area contributed by atoms with Crippen molar-refractivity contribution in [3.8, 4) is 5.75 Å². The topological polar surface area (TPSA) is 519 Å². The number of benzene rings is 1. The Bertz CT molecular complexity index is 3250. The highest BCUT2D eigenvalue weighted by Crippen LogP contribution is 2.35. The van der Waals surface area contributed by atoms with E-state index in [1.807, 2.05) is 48.5 Å². The second-order valence-electron chi connectivity index (χ2n) is 33.2. The van der Waals surface area contributed by atoms with Crippen LogP contribution < -0.4 is 74.3 Å². The largest absolute Gasteiger partial charge is 0.492 e. The first kappa shape index (κ1) is 107. The molecule has 4 aliphatic heterocycles. The first-order chi connectivity index (χ1) is 59.2. The highest BCUT2D eigenvalue weighted by atomic mass is 16.7. The van der Waals surface area contributed by atoms with E-state index in [2.05, 4.69) is 77.6 Å². The van der Waals surface area contributed by atoms with E-state index < -0.39 is 122 Å². The maximum atomic E-state index is 14.0. The maximum Gasteiger partial charge on any atom is 0.251 e. The van der Waals surface area contributed by atoms with Gasteiger partial charge in [-0.15, -0.1) is 0 Å². The average Bonchev–Trinajstić information content (AvgIpc) is 0.827. The predicted octanol–water partition coefficient (Wildman–Crippen LogP) is 2.83. The Balaban J connectivity index is 1.14. The average molecular weight is 1760 g/mol. The molecule has 4 heterocycles. The van der Waals surface area contributed by atoms with E-state index in [9.17, 15) is 72.9 Å². The molecule has 0 aliphatic carbocycles. The zero-order valence-corrected chi connectivity index (χ0v) is 75.5. The van der Waals surface area contributed by atoms with Crippen LogP contribution in [0, 0.1) is 29.6 Å². The fraction of sp³-hybridized carbons (Fsp3) is 0.793. The molecule has 22 atom stereocenters. The molecule has 4 saturated heterocycles.